The zero-order valence-corrected chi connectivity index (χ0v) is 16.2. The van der Waals surface area contributed by atoms with Gasteiger partial charge in [-0.25, -0.2) is 4.79 Å². The molecule has 6 nitrogen and oxygen atoms in total. The quantitative estimate of drug-likeness (QED) is 0.543. The second kappa shape index (κ2) is 7.90. The number of methoxy groups -OCH3 is 3. The second-order valence-corrected chi connectivity index (χ2v) is 6.30. The first-order chi connectivity index (χ1) is 13.0. The minimum absolute atomic E-state index is 0.244. The molecule has 0 atom stereocenters. The van der Waals surface area contributed by atoms with Crippen LogP contribution in [0.2, 0.25) is 10.0 Å². The summed E-state index contributed by atoms with van der Waals surface area (Å²) in [5, 5.41) is 4.79. The average Bonchev–Trinajstić information content (AvgIpc) is 3.03. The van der Waals surface area contributed by atoms with Crippen molar-refractivity contribution in [3.05, 3.63) is 57.1 Å². The predicted molar refractivity (Wildman–Crippen MR) is 103 cm³/mol. The van der Waals surface area contributed by atoms with Crippen LogP contribution in [0.25, 0.3) is 6.08 Å². The van der Waals surface area contributed by atoms with Gasteiger partial charge in [0.25, 0.3) is 0 Å². The van der Waals surface area contributed by atoms with E-state index in [1.807, 2.05) is 0 Å². The maximum Gasteiger partial charge on any atom is 0.368 e. The minimum Gasteiger partial charge on any atom is -0.493 e. The summed E-state index contributed by atoms with van der Waals surface area (Å²) in [6.45, 7) is 0. The first-order valence-corrected chi connectivity index (χ1v) is 8.51. The number of rotatable bonds is 5. The lowest BCUT2D eigenvalue weighted by Crippen LogP contribution is -2.08. The van der Waals surface area contributed by atoms with Crippen LogP contribution in [0.1, 0.15) is 11.1 Å². The van der Waals surface area contributed by atoms with Crippen LogP contribution < -0.4 is 14.2 Å². The van der Waals surface area contributed by atoms with Crippen molar-refractivity contribution in [1.29, 1.82) is 0 Å². The Hall–Kier alpha value is -2.70. The van der Waals surface area contributed by atoms with Crippen molar-refractivity contribution < 1.29 is 23.8 Å². The minimum atomic E-state index is -0.593. The summed E-state index contributed by atoms with van der Waals surface area (Å²) in [6.07, 6.45) is 1.59. The van der Waals surface area contributed by atoms with Crippen LogP contribution >= 0.6 is 23.2 Å². The highest BCUT2D eigenvalue weighted by molar-refractivity contribution is 6.36. The van der Waals surface area contributed by atoms with Crippen molar-refractivity contribution in [1.82, 2.24) is 0 Å². The molecule has 0 amide bonds. The highest BCUT2D eigenvalue weighted by Crippen LogP contribution is 2.39. The molecule has 0 radical (unpaired) electrons. The van der Waals surface area contributed by atoms with Gasteiger partial charge >= 0.3 is 5.97 Å². The summed E-state index contributed by atoms with van der Waals surface area (Å²) >= 11 is 12.1. The number of halogens is 2. The molecule has 8 heteroatoms. The lowest BCUT2D eigenvalue weighted by atomic mass is 9.99. The molecule has 2 aromatic carbocycles. The Morgan fingerprint density at radius 3 is 2.22 bits per heavy atom. The molecule has 0 saturated heterocycles. The Labute approximate surface area is 165 Å². The Kier molecular flexibility index (Phi) is 5.58. The van der Waals surface area contributed by atoms with E-state index in [1.165, 1.54) is 21.3 Å². The molecular weight excluding hydrogens is 393 g/mol. The van der Waals surface area contributed by atoms with Crippen molar-refractivity contribution in [3.8, 4) is 17.2 Å². The molecule has 0 fully saturated rings. The maximum atomic E-state index is 12.2. The van der Waals surface area contributed by atoms with E-state index < -0.39 is 5.97 Å². The van der Waals surface area contributed by atoms with Gasteiger partial charge < -0.3 is 19.0 Å². The van der Waals surface area contributed by atoms with E-state index in [9.17, 15) is 4.79 Å². The lowest BCUT2D eigenvalue weighted by Gasteiger charge is -2.14. The summed E-state index contributed by atoms with van der Waals surface area (Å²) in [6, 6.07) is 8.33. The van der Waals surface area contributed by atoms with Crippen LogP contribution in [0, 0.1) is 0 Å². The second-order valence-electron chi connectivity index (χ2n) is 5.46. The Morgan fingerprint density at radius 1 is 1.00 bits per heavy atom. The summed E-state index contributed by atoms with van der Waals surface area (Å²) < 4.78 is 16.0. The van der Waals surface area contributed by atoms with Crippen molar-refractivity contribution in [2.45, 2.75) is 0 Å². The molecule has 0 spiro atoms. The molecule has 0 aliphatic carbocycles. The molecule has 3 rings (SSSR count). The number of carbonyl (C=O) groups is 1. The van der Waals surface area contributed by atoms with Gasteiger partial charge in [-0.05, 0) is 35.9 Å². The summed E-state index contributed by atoms with van der Waals surface area (Å²) in [5.41, 5.74) is 1.74. The number of ether oxygens (including phenoxy) is 3. The number of benzene rings is 2. The number of hydrogen-bond donors (Lipinski definition) is 0. The van der Waals surface area contributed by atoms with E-state index in [-0.39, 0.29) is 5.57 Å². The Morgan fingerprint density at radius 2 is 1.67 bits per heavy atom. The first kappa shape index (κ1) is 19.1. The fourth-order valence-electron chi connectivity index (χ4n) is 2.61. The van der Waals surface area contributed by atoms with Gasteiger partial charge in [-0.3, -0.25) is 0 Å². The molecule has 1 aliphatic heterocycles. The van der Waals surface area contributed by atoms with Crippen molar-refractivity contribution in [3.63, 3.8) is 0 Å². The molecular formula is C19H15Cl2NO5. The third kappa shape index (κ3) is 3.72. The molecule has 140 valence electrons. The lowest BCUT2D eigenvalue weighted by molar-refractivity contribution is -0.136. The molecule has 1 aliphatic rings. The van der Waals surface area contributed by atoms with Gasteiger partial charge in [0.1, 0.15) is 5.71 Å². The number of nitrogens with zero attached hydrogens (tertiary/aromatic N) is 1. The Bertz CT molecular complexity index is 944. The van der Waals surface area contributed by atoms with E-state index in [1.54, 1.807) is 36.4 Å². The fraction of sp³-hybridized carbons (Fsp3) is 0.158. The summed E-state index contributed by atoms with van der Waals surface area (Å²) in [5.74, 6) is 0.696. The maximum absolute atomic E-state index is 12.2. The molecule has 0 aromatic heterocycles. The van der Waals surface area contributed by atoms with Crippen LogP contribution in [-0.2, 0) is 9.63 Å². The topological polar surface area (TPSA) is 66.4 Å². The van der Waals surface area contributed by atoms with E-state index in [2.05, 4.69) is 5.16 Å². The van der Waals surface area contributed by atoms with Crippen molar-refractivity contribution >= 4 is 41.0 Å². The largest absolute Gasteiger partial charge is 0.493 e. The number of oxime groups is 1. The van der Waals surface area contributed by atoms with Gasteiger partial charge in [-0.2, -0.15) is 0 Å². The standard InChI is InChI=1S/C19H15Cl2NO5/c1-24-15-7-11(8-16(25-2)18(15)26-3)17-13(19(23)27-22-17)6-10-4-5-12(20)9-14(10)21/h4-9H,1-3H3/b13-6-. The van der Waals surface area contributed by atoms with Crippen LogP contribution in [0.3, 0.4) is 0 Å². The summed E-state index contributed by atoms with van der Waals surface area (Å²) in [7, 11) is 4.51. The highest BCUT2D eigenvalue weighted by Gasteiger charge is 2.29. The van der Waals surface area contributed by atoms with Crippen LogP contribution in [0.5, 0.6) is 17.2 Å². The smallest absolute Gasteiger partial charge is 0.368 e. The zero-order valence-electron chi connectivity index (χ0n) is 14.7. The van der Waals surface area contributed by atoms with E-state index >= 15 is 0 Å². The normalized spacial score (nSPS) is 14.8. The highest BCUT2D eigenvalue weighted by atomic mass is 35.5. The van der Waals surface area contributed by atoms with Gasteiger partial charge in [0, 0.05) is 15.6 Å². The van der Waals surface area contributed by atoms with Gasteiger partial charge in [0.15, 0.2) is 11.5 Å². The van der Waals surface area contributed by atoms with Gasteiger partial charge in [0.2, 0.25) is 5.75 Å². The van der Waals surface area contributed by atoms with E-state index in [4.69, 9.17) is 42.3 Å². The molecule has 0 N–H and O–H groups in total. The van der Waals surface area contributed by atoms with Crippen LogP contribution in [0.4, 0.5) is 0 Å². The van der Waals surface area contributed by atoms with Crippen molar-refractivity contribution in [2.24, 2.45) is 5.16 Å². The van der Waals surface area contributed by atoms with Gasteiger partial charge in [-0.1, -0.05) is 34.4 Å². The molecule has 0 bridgehead atoms. The van der Waals surface area contributed by atoms with Gasteiger partial charge in [0.05, 0.1) is 26.9 Å². The van der Waals surface area contributed by atoms with Crippen LogP contribution in [0.15, 0.2) is 41.1 Å². The van der Waals surface area contributed by atoms with Gasteiger partial charge in [-0.15, -0.1) is 0 Å². The third-order valence-electron chi connectivity index (χ3n) is 3.90. The van der Waals surface area contributed by atoms with Crippen LogP contribution in [-0.4, -0.2) is 33.0 Å². The average molecular weight is 408 g/mol. The van der Waals surface area contributed by atoms with Crippen molar-refractivity contribution in [2.75, 3.05) is 21.3 Å². The first-order valence-electron chi connectivity index (χ1n) is 7.75. The SMILES string of the molecule is COc1cc(C2=NOC(=O)/C2=C\c2ccc(Cl)cc2Cl)cc(OC)c1OC. The molecule has 0 unspecified atom stereocenters. The zero-order chi connectivity index (χ0) is 19.6. The number of carbonyl (C=O) groups excluding carboxylic acids is 1. The monoisotopic (exact) mass is 407 g/mol. The van der Waals surface area contributed by atoms with E-state index in [0.717, 1.165) is 0 Å². The third-order valence-corrected chi connectivity index (χ3v) is 4.46. The molecule has 2 aromatic rings. The van der Waals surface area contributed by atoms with E-state index in [0.29, 0.717) is 44.1 Å². The summed E-state index contributed by atoms with van der Waals surface area (Å²) in [4.78, 5) is 17.1. The Balaban J connectivity index is 2.10. The number of hydrogen-bond acceptors (Lipinski definition) is 6. The fourth-order valence-corrected chi connectivity index (χ4v) is 3.07. The molecule has 0 saturated carbocycles. The molecule has 27 heavy (non-hydrogen) atoms. The molecule has 1 heterocycles. The predicted octanol–water partition coefficient (Wildman–Crippen LogP) is 4.36.